The van der Waals surface area contributed by atoms with Crippen molar-refractivity contribution >= 4 is 5.97 Å². The summed E-state index contributed by atoms with van der Waals surface area (Å²) in [6.07, 6.45) is 5.89. The van der Waals surface area contributed by atoms with Crippen molar-refractivity contribution in [2.24, 2.45) is 0 Å². The molecule has 0 saturated carbocycles. The van der Waals surface area contributed by atoms with E-state index in [1.807, 2.05) is 0 Å². The molecule has 2 N–H and O–H groups in total. The molecule has 0 aromatic carbocycles. The lowest BCUT2D eigenvalue weighted by Gasteiger charge is -1.96. The van der Waals surface area contributed by atoms with Crippen LogP contribution in [0.4, 0.5) is 0 Å². The Hall–Kier alpha value is -0.830. The Morgan fingerprint density at radius 3 is 2.67 bits per heavy atom. The minimum Gasteiger partial charge on any atom is -0.479 e. The largest absolute Gasteiger partial charge is 0.479 e. The third-order valence-corrected chi connectivity index (χ3v) is 1.55. The highest BCUT2D eigenvalue weighted by Crippen LogP contribution is 2.00. The van der Waals surface area contributed by atoms with Crippen LogP contribution >= 0.6 is 0 Å². The molecule has 0 saturated heterocycles. The quantitative estimate of drug-likeness (QED) is 0.472. The molecule has 3 heteroatoms. The Bertz CT molecular complexity index is 152. The van der Waals surface area contributed by atoms with Crippen LogP contribution in [0.2, 0.25) is 0 Å². The number of aliphatic hydroxyl groups excluding tert-OH is 1. The molecule has 0 bridgehead atoms. The monoisotopic (exact) mass is 172 g/mol. The molecular weight excluding hydrogens is 156 g/mol. The number of aliphatic hydroxyl groups is 1. The fourth-order valence-electron chi connectivity index (χ4n) is 0.820. The number of aliphatic carboxylic acids is 1. The summed E-state index contributed by atoms with van der Waals surface area (Å²) in [4.78, 5) is 10.1. The van der Waals surface area contributed by atoms with Gasteiger partial charge in [0.15, 0.2) is 6.10 Å². The number of hydrogen-bond donors (Lipinski definition) is 2. The Morgan fingerprint density at radius 1 is 1.50 bits per heavy atom. The van der Waals surface area contributed by atoms with Gasteiger partial charge in [0.2, 0.25) is 0 Å². The number of rotatable bonds is 6. The van der Waals surface area contributed by atoms with Crippen LogP contribution in [0.5, 0.6) is 0 Å². The predicted octanol–water partition coefficient (Wildman–Crippen LogP) is 1.57. The molecule has 0 spiro atoms. The first-order chi connectivity index (χ1) is 5.68. The molecule has 0 fully saturated rings. The van der Waals surface area contributed by atoms with E-state index in [1.165, 1.54) is 6.08 Å². The minimum absolute atomic E-state index is 0.845. The number of carboxylic acids is 1. The highest BCUT2D eigenvalue weighted by Gasteiger charge is 2.06. The maximum Gasteiger partial charge on any atom is 0.336 e. The average Bonchev–Trinajstić information content (AvgIpc) is 2.03. The van der Waals surface area contributed by atoms with Crippen LogP contribution in [0.25, 0.3) is 0 Å². The predicted molar refractivity (Wildman–Crippen MR) is 46.9 cm³/mol. The van der Waals surface area contributed by atoms with Crippen molar-refractivity contribution in [2.45, 2.75) is 38.7 Å². The van der Waals surface area contributed by atoms with Gasteiger partial charge in [0.1, 0.15) is 0 Å². The van der Waals surface area contributed by atoms with Crippen molar-refractivity contribution in [3.8, 4) is 0 Å². The summed E-state index contributed by atoms with van der Waals surface area (Å²) in [7, 11) is 0. The van der Waals surface area contributed by atoms with E-state index in [2.05, 4.69) is 6.92 Å². The average molecular weight is 172 g/mol. The number of unbranched alkanes of at least 4 members (excludes halogenated alkanes) is 3. The smallest absolute Gasteiger partial charge is 0.336 e. The SMILES string of the molecule is CCCCC/C=C\[C@@H](O)C(=O)O. The lowest BCUT2D eigenvalue weighted by atomic mass is 10.2. The molecule has 0 rings (SSSR count). The molecule has 70 valence electrons. The fourth-order valence-corrected chi connectivity index (χ4v) is 0.820. The van der Waals surface area contributed by atoms with Crippen molar-refractivity contribution in [1.29, 1.82) is 0 Å². The molecule has 12 heavy (non-hydrogen) atoms. The fraction of sp³-hybridized carbons (Fsp3) is 0.667. The van der Waals surface area contributed by atoms with Gasteiger partial charge in [-0.25, -0.2) is 4.79 Å². The maximum atomic E-state index is 10.1. The molecule has 0 aromatic heterocycles. The first kappa shape index (κ1) is 11.2. The van der Waals surface area contributed by atoms with Crippen molar-refractivity contribution in [1.82, 2.24) is 0 Å². The topological polar surface area (TPSA) is 57.5 Å². The standard InChI is InChI=1S/C9H16O3/c1-2-3-4-5-6-7-8(10)9(11)12/h6-8,10H,2-5H2,1H3,(H,11,12)/b7-6-/t8-/m1/s1. The zero-order chi connectivity index (χ0) is 9.40. The van der Waals surface area contributed by atoms with E-state index in [4.69, 9.17) is 10.2 Å². The van der Waals surface area contributed by atoms with Gasteiger partial charge in [0, 0.05) is 0 Å². The Labute approximate surface area is 72.7 Å². The van der Waals surface area contributed by atoms with Gasteiger partial charge in [-0.2, -0.15) is 0 Å². The molecule has 0 aliphatic carbocycles. The number of carbonyl (C=O) groups is 1. The van der Waals surface area contributed by atoms with Crippen LogP contribution in [-0.2, 0) is 4.79 Å². The number of allylic oxidation sites excluding steroid dienone is 1. The van der Waals surface area contributed by atoms with Gasteiger partial charge in [-0.1, -0.05) is 25.8 Å². The number of carboxylic acid groups (broad SMARTS) is 1. The van der Waals surface area contributed by atoms with Crippen LogP contribution < -0.4 is 0 Å². The van der Waals surface area contributed by atoms with Crippen molar-refractivity contribution in [2.75, 3.05) is 0 Å². The zero-order valence-corrected chi connectivity index (χ0v) is 7.36. The molecule has 0 aliphatic rings. The van der Waals surface area contributed by atoms with Crippen LogP contribution in [0.3, 0.4) is 0 Å². The maximum absolute atomic E-state index is 10.1. The van der Waals surface area contributed by atoms with Gasteiger partial charge in [0.25, 0.3) is 0 Å². The Morgan fingerprint density at radius 2 is 2.17 bits per heavy atom. The molecule has 3 nitrogen and oxygen atoms in total. The van der Waals surface area contributed by atoms with Gasteiger partial charge >= 0.3 is 5.97 Å². The normalized spacial score (nSPS) is 13.5. The van der Waals surface area contributed by atoms with Gasteiger partial charge in [-0.05, 0) is 18.9 Å². The van der Waals surface area contributed by atoms with Gasteiger partial charge in [0.05, 0.1) is 0 Å². The summed E-state index contributed by atoms with van der Waals surface area (Å²) < 4.78 is 0. The van der Waals surface area contributed by atoms with Gasteiger partial charge in [-0.3, -0.25) is 0 Å². The molecule has 0 amide bonds. The highest BCUT2D eigenvalue weighted by molar-refractivity contribution is 5.74. The van der Waals surface area contributed by atoms with Crippen LogP contribution in [-0.4, -0.2) is 22.3 Å². The first-order valence-electron chi connectivity index (χ1n) is 4.26. The van der Waals surface area contributed by atoms with Crippen LogP contribution in [0.1, 0.15) is 32.6 Å². The summed E-state index contributed by atoms with van der Waals surface area (Å²) in [5.41, 5.74) is 0. The summed E-state index contributed by atoms with van der Waals surface area (Å²) >= 11 is 0. The molecule has 0 aliphatic heterocycles. The lowest BCUT2D eigenvalue weighted by Crippen LogP contribution is -2.15. The van der Waals surface area contributed by atoms with Gasteiger partial charge in [-0.15, -0.1) is 0 Å². The highest BCUT2D eigenvalue weighted by atomic mass is 16.4. The third kappa shape index (κ3) is 5.92. The second-order valence-corrected chi connectivity index (χ2v) is 2.71. The summed E-state index contributed by atoms with van der Waals surface area (Å²) in [6.45, 7) is 2.11. The van der Waals surface area contributed by atoms with E-state index in [1.54, 1.807) is 6.08 Å². The first-order valence-corrected chi connectivity index (χ1v) is 4.26. The third-order valence-electron chi connectivity index (χ3n) is 1.55. The lowest BCUT2D eigenvalue weighted by molar-refractivity contribution is -0.144. The summed E-state index contributed by atoms with van der Waals surface area (Å²) in [5, 5.41) is 17.1. The van der Waals surface area contributed by atoms with Crippen molar-refractivity contribution in [3.63, 3.8) is 0 Å². The molecule has 0 heterocycles. The van der Waals surface area contributed by atoms with E-state index in [0.29, 0.717) is 0 Å². The van der Waals surface area contributed by atoms with Crippen LogP contribution in [0, 0.1) is 0 Å². The Balaban J connectivity index is 3.41. The molecule has 1 atom stereocenters. The summed E-state index contributed by atoms with van der Waals surface area (Å²) in [6, 6.07) is 0. The molecule has 0 aromatic rings. The van der Waals surface area contributed by atoms with Crippen LogP contribution in [0.15, 0.2) is 12.2 Å². The zero-order valence-electron chi connectivity index (χ0n) is 7.36. The van der Waals surface area contributed by atoms with E-state index >= 15 is 0 Å². The minimum atomic E-state index is -1.34. The Kier molecular flexibility index (Phi) is 6.38. The van der Waals surface area contributed by atoms with Crippen molar-refractivity contribution in [3.05, 3.63) is 12.2 Å². The number of hydrogen-bond acceptors (Lipinski definition) is 2. The van der Waals surface area contributed by atoms with Gasteiger partial charge < -0.3 is 10.2 Å². The molecule has 0 unspecified atom stereocenters. The van der Waals surface area contributed by atoms with Crippen molar-refractivity contribution < 1.29 is 15.0 Å². The second kappa shape index (κ2) is 6.85. The van der Waals surface area contributed by atoms with E-state index in [0.717, 1.165) is 25.7 Å². The summed E-state index contributed by atoms with van der Waals surface area (Å²) in [5.74, 6) is -1.19. The van der Waals surface area contributed by atoms with E-state index < -0.39 is 12.1 Å². The van der Waals surface area contributed by atoms with E-state index in [9.17, 15) is 4.79 Å². The van der Waals surface area contributed by atoms with E-state index in [-0.39, 0.29) is 0 Å². The second-order valence-electron chi connectivity index (χ2n) is 2.71. The molecule has 0 radical (unpaired) electrons. The molecular formula is C9H16O3.